The fourth-order valence-electron chi connectivity index (χ4n) is 3.41. The lowest BCUT2D eigenvalue weighted by molar-refractivity contribution is 0.111. The number of hydrogen-bond donors (Lipinski definition) is 2. The van der Waals surface area contributed by atoms with E-state index in [1.165, 1.54) is 0 Å². The van der Waals surface area contributed by atoms with Crippen LogP contribution < -0.4 is 10.6 Å². The Hall–Kier alpha value is -3.00. The van der Waals surface area contributed by atoms with Gasteiger partial charge >= 0.3 is 6.03 Å². The van der Waals surface area contributed by atoms with Crippen molar-refractivity contribution >= 4 is 17.2 Å². The molecule has 4 rings (SSSR count). The minimum Gasteiger partial charge on any atom is -0.376 e. The van der Waals surface area contributed by atoms with Gasteiger partial charge in [0.2, 0.25) is 0 Å². The number of carbonyl (C=O) groups is 1. The van der Waals surface area contributed by atoms with E-state index in [0.717, 1.165) is 48.4 Å². The highest BCUT2D eigenvalue weighted by Crippen LogP contribution is 2.23. The van der Waals surface area contributed by atoms with Crippen LogP contribution in [0.1, 0.15) is 19.3 Å². The Balaban J connectivity index is 1.36. The Labute approximate surface area is 163 Å². The summed E-state index contributed by atoms with van der Waals surface area (Å²) in [5.74, 6) is 0.860. The van der Waals surface area contributed by atoms with E-state index in [-0.39, 0.29) is 12.1 Å². The van der Waals surface area contributed by atoms with E-state index >= 15 is 0 Å². The molecule has 1 atom stereocenters. The molecule has 28 heavy (non-hydrogen) atoms. The van der Waals surface area contributed by atoms with Gasteiger partial charge in [-0.3, -0.25) is 4.98 Å². The van der Waals surface area contributed by atoms with Gasteiger partial charge in [-0.15, -0.1) is 0 Å². The molecule has 1 aliphatic rings. The fraction of sp³-hybridized carbons (Fsp3) is 0.400. The summed E-state index contributed by atoms with van der Waals surface area (Å²) in [4.78, 5) is 25.2. The summed E-state index contributed by atoms with van der Waals surface area (Å²) in [5.41, 5.74) is 2.70. The van der Waals surface area contributed by atoms with Gasteiger partial charge in [-0.2, -0.15) is 0 Å². The van der Waals surface area contributed by atoms with E-state index in [2.05, 4.69) is 25.2 Å². The van der Waals surface area contributed by atoms with E-state index in [1.807, 2.05) is 24.3 Å². The molecule has 0 spiro atoms. The van der Waals surface area contributed by atoms with Crippen molar-refractivity contribution in [3.05, 3.63) is 42.9 Å². The number of nitrogens with one attached hydrogen (secondary N) is 2. The van der Waals surface area contributed by atoms with Gasteiger partial charge in [-0.1, -0.05) is 0 Å². The predicted molar refractivity (Wildman–Crippen MR) is 106 cm³/mol. The molecule has 8 heteroatoms. The molecule has 0 saturated carbocycles. The molecule has 2 N–H and O–H groups in total. The highest BCUT2D eigenvalue weighted by Gasteiger charge is 2.16. The minimum atomic E-state index is -0.154. The lowest BCUT2D eigenvalue weighted by Gasteiger charge is -2.12. The number of urea groups is 1. The third kappa shape index (κ3) is 4.28. The maximum absolute atomic E-state index is 11.9. The average Bonchev–Trinajstić information content (AvgIpc) is 3.38. The van der Waals surface area contributed by atoms with Crippen LogP contribution in [0.3, 0.4) is 0 Å². The second-order valence-electron chi connectivity index (χ2n) is 6.79. The first-order valence-corrected chi connectivity index (χ1v) is 9.66. The second-order valence-corrected chi connectivity index (χ2v) is 6.79. The van der Waals surface area contributed by atoms with Crippen molar-refractivity contribution in [2.24, 2.45) is 0 Å². The largest absolute Gasteiger partial charge is 0.376 e. The molecular weight excluding hydrogens is 356 g/mol. The standard InChI is InChI=1S/C20H24N6O2/c27-20(24-14-16-4-2-13-28-16)23-9-3-12-26-18(15-6-10-21-11-7-15)25-17-5-1-8-22-19(17)26/h1,5-8,10-11,16H,2-4,9,12-14H2,(H2,23,24,27). The molecule has 0 bridgehead atoms. The zero-order valence-corrected chi connectivity index (χ0v) is 15.7. The van der Waals surface area contributed by atoms with Crippen LogP contribution >= 0.6 is 0 Å². The molecule has 0 aliphatic carbocycles. The summed E-state index contributed by atoms with van der Waals surface area (Å²) in [5, 5.41) is 5.78. The molecule has 1 unspecified atom stereocenters. The van der Waals surface area contributed by atoms with Crippen molar-refractivity contribution in [2.45, 2.75) is 31.9 Å². The van der Waals surface area contributed by atoms with Gasteiger partial charge in [0.15, 0.2) is 5.65 Å². The Bertz CT molecular complexity index is 921. The third-order valence-electron chi connectivity index (χ3n) is 4.80. The number of rotatable bonds is 7. The van der Waals surface area contributed by atoms with E-state index in [4.69, 9.17) is 9.72 Å². The number of carbonyl (C=O) groups excluding carboxylic acids is 1. The van der Waals surface area contributed by atoms with Gasteiger partial charge in [0.25, 0.3) is 0 Å². The third-order valence-corrected chi connectivity index (χ3v) is 4.80. The van der Waals surface area contributed by atoms with Crippen LogP contribution in [0.4, 0.5) is 4.79 Å². The topological polar surface area (TPSA) is 94.0 Å². The number of amides is 2. The van der Waals surface area contributed by atoms with Crippen molar-refractivity contribution < 1.29 is 9.53 Å². The van der Waals surface area contributed by atoms with Gasteiger partial charge in [0, 0.05) is 50.4 Å². The Kier molecular flexibility index (Phi) is 5.77. The molecule has 3 aromatic heterocycles. The van der Waals surface area contributed by atoms with Crippen molar-refractivity contribution in [3.63, 3.8) is 0 Å². The Morgan fingerprint density at radius 2 is 2.11 bits per heavy atom. The molecule has 1 fully saturated rings. The van der Waals surface area contributed by atoms with Gasteiger partial charge in [0.05, 0.1) is 6.10 Å². The molecule has 1 saturated heterocycles. The molecule has 0 aromatic carbocycles. The van der Waals surface area contributed by atoms with Crippen LogP contribution in [0.15, 0.2) is 42.9 Å². The lowest BCUT2D eigenvalue weighted by Crippen LogP contribution is -2.40. The number of imidazole rings is 1. The van der Waals surface area contributed by atoms with Crippen molar-refractivity contribution in [3.8, 4) is 11.4 Å². The molecule has 0 radical (unpaired) electrons. The quantitative estimate of drug-likeness (QED) is 0.614. The second kappa shape index (κ2) is 8.79. The van der Waals surface area contributed by atoms with Crippen LogP contribution in [0.2, 0.25) is 0 Å². The lowest BCUT2D eigenvalue weighted by atomic mass is 10.2. The van der Waals surface area contributed by atoms with Gasteiger partial charge < -0.3 is 19.9 Å². The highest BCUT2D eigenvalue weighted by molar-refractivity contribution is 5.77. The minimum absolute atomic E-state index is 0.150. The SMILES string of the molecule is O=C(NCCCn1c(-c2ccncc2)nc2cccnc21)NCC1CCCO1. The van der Waals surface area contributed by atoms with Crippen molar-refractivity contribution in [2.75, 3.05) is 19.7 Å². The van der Waals surface area contributed by atoms with Crippen LogP contribution in [-0.2, 0) is 11.3 Å². The summed E-state index contributed by atoms with van der Waals surface area (Å²) in [6.07, 6.45) is 8.29. The Morgan fingerprint density at radius 3 is 2.93 bits per heavy atom. The van der Waals surface area contributed by atoms with Gasteiger partial charge in [-0.05, 0) is 43.5 Å². The number of nitrogens with zero attached hydrogens (tertiary/aromatic N) is 4. The first kappa shape index (κ1) is 18.4. The van der Waals surface area contributed by atoms with Crippen LogP contribution in [0.25, 0.3) is 22.6 Å². The summed E-state index contributed by atoms with van der Waals surface area (Å²) in [6, 6.07) is 7.57. The number of pyridine rings is 2. The van der Waals surface area contributed by atoms with E-state index in [0.29, 0.717) is 19.6 Å². The summed E-state index contributed by atoms with van der Waals surface area (Å²) >= 11 is 0. The van der Waals surface area contributed by atoms with E-state index in [1.54, 1.807) is 18.6 Å². The van der Waals surface area contributed by atoms with Crippen molar-refractivity contribution in [1.82, 2.24) is 30.2 Å². The van der Waals surface area contributed by atoms with E-state index < -0.39 is 0 Å². The summed E-state index contributed by atoms with van der Waals surface area (Å²) < 4.78 is 7.60. The molecular formula is C20H24N6O2. The number of ether oxygens (including phenoxy) is 1. The maximum atomic E-state index is 11.9. The zero-order chi connectivity index (χ0) is 19.2. The molecule has 2 amide bonds. The average molecular weight is 380 g/mol. The number of fused-ring (bicyclic) bond motifs is 1. The first-order chi connectivity index (χ1) is 13.8. The molecule has 1 aliphatic heterocycles. The summed E-state index contributed by atoms with van der Waals surface area (Å²) in [6.45, 7) is 2.63. The molecule has 146 valence electrons. The Morgan fingerprint density at radius 1 is 1.21 bits per heavy atom. The fourth-order valence-corrected chi connectivity index (χ4v) is 3.41. The van der Waals surface area contributed by atoms with Crippen LogP contribution in [0.5, 0.6) is 0 Å². The monoisotopic (exact) mass is 380 g/mol. The maximum Gasteiger partial charge on any atom is 0.314 e. The number of aromatic nitrogens is 4. The van der Waals surface area contributed by atoms with E-state index in [9.17, 15) is 4.79 Å². The van der Waals surface area contributed by atoms with Gasteiger partial charge in [-0.25, -0.2) is 14.8 Å². The molecule has 4 heterocycles. The highest BCUT2D eigenvalue weighted by atomic mass is 16.5. The van der Waals surface area contributed by atoms with Crippen LogP contribution in [0, 0.1) is 0 Å². The summed E-state index contributed by atoms with van der Waals surface area (Å²) in [7, 11) is 0. The molecule has 3 aromatic rings. The van der Waals surface area contributed by atoms with Gasteiger partial charge in [0.1, 0.15) is 11.3 Å². The van der Waals surface area contributed by atoms with Crippen molar-refractivity contribution in [1.29, 1.82) is 0 Å². The predicted octanol–water partition coefficient (Wildman–Crippen LogP) is 2.36. The smallest absolute Gasteiger partial charge is 0.314 e. The molecule has 8 nitrogen and oxygen atoms in total. The first-order valence-electron chi connectivity index (χ1n) is 9.66. The number of hydrogen-bond acceptors (Lipinski definition) is 5. The van der Waals surface area contributed by atoms with Crippen LogP contribution in [-0.4, -0.2) is 51.4 Å². The zero-order valence-electron chi connectivity index (χ0n) is 15.7. The number of aryl methyl sites for hydroxylation is 1. The normalized spacial score (nSPS) is 16.4.